The highest BCUT2D eigenvalue weighted by molar-refractivity contribution is 5.93. The summed E-state index contributed by atoms with van der Waals surface area (Å²) in [5.74, 6) is -0.126. The van der Waals surface area contributed by atoms with Crippen LogP contribution in [0.25, 0.3) is 11.3 Å². The average Bonchev–Trinajstić information content (AvgIpc) is 3.06. The Morgan fingerprint density at radius 3 is 2.61 bits per heavy atom. The normalized spacial score (nSPS) is 21.1. The van der Waals surface area contributed by atoms with Crippen LogP contribution in [-0.4, -0.2) is 33.9 Å². The van der Waals surface area contributed by atoms with Crippen LogP contribution >= 0.6 is 0 Å². The predicted octanol–water partition coefficient (Wildman–Crippen LogP) is 2.50. The fourth-order valence-electron chi connectivity index (χ4n) is 2.96. The van der Waals surface area contributed by atoms with Crippen molar-refractivity contribution in [3.63, 3.8) is 0 Å². The van der Waals surface area contributed by atoms with Crippen LogP contribution in [0.3, 0.4) is 0 Å². The highest BCUT2D eigenvalue weighted by Crippen LogP contribution is 2.24. The number of benzene rings is 1. The molecule has 0 atom stereocenters. The maximum atomic E-state index is 12.9. The summed E-state index contributed by atoms with van der Waals surface area (Å²) in [6.45, 7) is 0.224. The number of aromatic amines is 1. The minimum atomic E-state index is -0.305. The first kappa shape index (κ1) is 15.7. The summed E-state index contributed by atoms with van der Waals surface area (Å²) in [6, 6.07) is 7.80. The second-order valence-electron chi connectivity index (χ2n) is 6.05. The molecule has 2 aromatic rings. The number of H-pyrrole nitrogens is 1. The monoisotopic (exact) mass is 317 g/mol. The Kier molecular flexibility index (Phi) is 4.71. The first-order chi connectivity index (χ1) is 11.2. The maximum absolute atomic E-state index is 12.9. The third-order valence-corrected chi connectivity index (χ3v) is 4.40. The molecule has 3 rings (SSSR count). The lowest BCUT2D eigenvalue weighted by Crippen LogP contribution is -2.38. The van der Waals surface area contributed by atoms with E-state index in [1.807, 2.05) is 0 Å². The number of nitrogens with one attached hydrogen (secondary N) is 2. The number of halogens is 1. The topological polar surface area (TPSA) is 78.0 Å². The molecule has 1 aliphatic rings. The number of hydrogen-bond acceptors (Lipinski definition) is 3. The van der Waals surface area contributed by atoms with E-state index >= 15 is 0 Å². The van der Waals surface area contributed by atoms with Gasteiger partial charge in [-0.3, -0.25) is 9.89 Å². The zero-order chi connectivity index (χ0) is 16.2. The Labute approximate surface area is 133 Å². The van der Waals surface area contributed by atoms with Crippen LogP contribution in [0, 0.1) is 11.7 Å². The molecule has 1 saturated carbocycles. The largest absolute Gasteiger partial charge is 0.396 e. The second kappa shape index (κ2) is 6.91. The van der Waals surface area contributed by atoms with E-state index in [0.717, 1.165) is 31.2 Å². The summed E-state index contributed by atoms with van der Waals surface area (Å²) in [7, 11) is 0. The van der Waals surface area contributed by atoms with Crippen molar-refractivity contribution < 1.29 is 14.3 Å². The van der Waals surface area contributed by atoms with Gasteiger partial charge in [-0.15, -0.1) is 0 Å². The summed E-state index contributed by atoms with van der Waals surface area (Å²) in [5.41, 5.74) is 1.76. The molecule has 1 aromatic carbocycles. The molecule has 1 aliphatic carbocycles. The lowest BCUT2D eigenvalue weighted by Gasteiger charge is -2.27. The van der Waals surface area contributed by atoms with Gasteiger partial charge in [-0.25, -0.2) is 4.39 Å². The van der Waals surface area contributed by atoms with Gasteiger partial charge >= 0.3 is 0 Å². The van der Waals surface area contributed by atoms with Crippen molar-refractivity contribution in [2.24, 2.45) is 5.92 Å². The van der Waals surface area contributed by atoms with Crippen molar-refractivity contribution >= 4 is 5.91 Å². The molecule has 0 bridgehead atoms. The van der Waals surface area contributed by atoms with Crippen molar-refractivity contribution in [3.8, 4) is 11.3 Å². The van der Waals surface area contributed by atoms with Gasteiger partial charge in [0.25, 0.3) is 5.91 Å². The van der Waals surface area contributed by atoms with Crippen molar-refractivity contribution in [1.82, 2.24) is 15.5 Å². The Bertz CT molecular complexity index is 661. The summed E-state index contributed by atoms with van der Waals surface area (Å²) in [5, 5.41) is 19.0. The Hall–Kier alpha value is -2.21. The lowest BCUT2D eigenvalue weighted by molar-refractivity contribution is 0.0909. The van der Waals surface area contributed by atoms with Gasteiger partial charge < -0.3 is 10.4 Å². The average molecular weight is 317 g/mol. The third kappa shape index (κ3) is 3.76. The molecular formula is C17H20FN3O2. The van der Waals surface area contributed by atoms with Gasteiger partial charge in [0.15, 0.2) is 0 Å². The zero-order valence-corrected chi connectivity index (χ0v) is 12.8. The van der Waals surface area contributed by atoms with E-state index in [1.165, 1.54) is 12.1 Å². The number of hydrogen-bond donors (Lipinski definition) is 3. The highest BCUT2D eigenvalue weighted by Gasteiger charge is 2.23. The molecular weight excluding hydrogens is 297 g/mol. The van der Waals surface area contributed by atoms with E-state index in [0.29, 0.717) is 17.3 Å². The van der Waals surface area contributed by atoms with Crippen LogP contribution in [0.15, 0.2) is 30.3 Å². The van der Waals surface area contributed by atoms with Crippen molar-refractivity contribution in [3.05, 3.63) is 41.8 Å². The van der Waals surface area contributed by atoms with Crippen LogP contribution < -0.4 is 5.32 Å². The molecule has 0 aliphatic heterocycles. The van der Waals surface area contributed by atoms with Crippen molar-refractivity contribution in [1.29, 1.82) is 0 Å². The molecule has 0 spiro atoms. The summed E-state index contributed by atoms with van der Waals surface area (Å²) < 4.78 is 12.9. The quantitative estimate of drug-likeness (QED) is 0.811. The molecule has 6 heteroatoms. The Morgan fingerprint density at radius 1 is 1.26 bits per heavy atom. The molecule has 3 N–H and O–H groups in total. The van der Waals surface area contributed by atoms with E-state index in [4.69, 9.17) is 5.11 Å². The number of aromatic nitrogens is 2. The lowest BCUT2D eigenvalue weighted by atomic mass is 9.86. The summed E-state index contributed by atoms with van der Waals surface area (Å²) >= 11 is 0. The molecule has 0 saturated heterocycles. The number of aliphatic hydroxyl groups is 1. The zero-order valence-electron chi connectivity index (χ0n) is 12.8. The Balaban J connectivity index is 1.61. The van der Waals surface area contributed by atoms with Gasteiger partial charge in [0.2, 0.25) is 0 Å². The molecule has 1 heterocycles. The molecule has 0 unspecified atom stereocenters. The van der Waals surface area contributed by atoms with Gasteiger partial charge in [0.05, 0.1) is 5.69 Å². The summed E-state index contributed by atoms with van der Waals surface area (Å²) in [4.78, 5) is 12.3. The number of amides is 1. The van der Waals surface area contributed by atoms with Crippen LogP contribution in [-0.2, 0) is 0 Å². The molecule has 1 amide bonds. The molecule has 0 radical (unpaired) electrons. The van der Waals surface area contributed by atoms with Crippen LogP contribution in [0.1, 0.15) is 36.2 Å². The van der Waals surface area contributed by atoms with Gasteiger partial charge in [-0.2, -0.15) is 5.10 Å². The van der Waals surface area contributed by atoms with Crippen LogP contribution in [0.4, 0.5) is 4.39 Å². The van der Waals surface area contributed by atoms with E-state index in [2.05, 4.69) is 15.5 Å². The van der Waals surface area contributed by atoms with Gasteiger partial charge in [-0.1, -0.05) is 0 Å². The van der Waals surface area contributed by atoms with Gasteiger partial charge in [0, 0.05) is 18.2 Å². The smallest absolute Gasteiger partial charge is 0.269 e. The number of rotatable bonds is 4. The summed E-state index contributed by atoms with van der Waals surface area (Å²) in [6.07, 6.45) is 3.64. The predicted molar refractivity (Wildman–Crippen MR) is 84.3 cm³/mol. The first-order valence-electron chi connectivity index (χ1n) is 7.89. The first-order valence-corrected chi connectivity index (χ1v) is 7.89. The van der Waals surface area contributed by atoms with Gasteiger partial charge in [0.1, 0.15) is 11.5 Å². The molecule has 23 heavy (non-hydrogen) atoms. The Morgan fingerprint density at radius 2 is 1.96 bits per heavy atom. The van der Waals surface area contributed by atoms with E-state index in [1.54, 1.807) is 18.2 Å². The van der Waals surface area contributed by atoms with Crippen molar-refractivity contribution in [2.75, 3.05) is 6.61 Å². The minimum Gasteiger partial charge on any atom is -0.396 e. The molecule has 1 fully saturated rings. The van der Waals surface area contributed by atoms with Crippen molar-refractivity contribution in [2.45, 2.75) is 31.7 Å². The standard InChI is InChI=1S/C17H20FN3O2/c18-13-5-3-12(4-6-13)15-9-16(21-20-15)17(23)19-14-7-1-11(10-22)2-8-14/h3-6,9,11,14,22H,1-2,7-8,10H2,(H,19,23)(H,20,21). The van der Waals surface area contributed by atoms with E-state index in [-0.39, 0.29) is 24.4 Å². The maximum Gasteiger partial charge on any atom is 0.269 e. The SMILES string of the molecule is O=C(NC1CCC(CO)CC1)c1cc(-c2ccc(F)cc2)n[nH]1. The van der Waals surface area contributed by atoms with Gasteiger partial charge in [-0.05, 0) is 61.9 Å². The molecule has 1 aromatic heterocycles. The van der Waals surface area contributed by atoms with Crippen LogP contribution in [0.2, 0.25) is 0 Å². The van der Waals surface area contributed by atoms with E-state index < -0.39 is 0 Å². The number of carbonyl (C=O) groups is 1. The number of carbonyl (C=O) groups excluding carboxylic acids is 1. The molecule has 122 valence electrons. The second-order valence-corrected chi connectivity index (χ2v) is 6.05. The molecule has 5 nitrogen and oxygen atoms in total. The van der Waals surface area contributed by atoms with Crippen LogP contribution in [0.5, 0.6) is 0 Å². The fourth-order valence-corrected chi connectivity index (χ4v) is 2.96. The van der Waals surface area contributed by atoms with E-state index in [9.17, 15) is 9.18 Å². The number of aliphatic hydroxyl groups excluding tert-OH is 1. The third-order valence-electron chi connectivity index (χ3n) is 4.40. The minimum absolute atomic E-state index is 0.142. The number of nitrogens with zero attached hydrogens (tertiary/aromatic N) is 1. The fraction of sp³-hybridized carbons (Fsp3) is 0.412. The highest BCUT2D eigenvalue weighted by atomic mass is 19.1.